The second-order valence-electron chi connectivity index (χ2n) is 6.27. The highest BCUT2D eigenvalue weighted by Gasteiger charge is 2.22. The average molecular weight is 302 g/mol. The van der Waals surface area contributed by atoms with Crippen molar-refractivity contribution >= 4 is 11.7 Å². The number of carbonyl (C=O) groups excluding carboxylic acids is 1. The minimum atomic E-state index is 0.242. The number of amides is 1. The first-order valence-electron chi connectivity index (χ1n) is 8.50. The molecular weight excluding hydrogens is 276 g/mol. The Balaban J connectivity index is 1.41. The molecule has 1 aliphatic carbocycles. The molecule has 0 aromatic carbocycles. The second kappa shape index (κ2) is 7.58. The fourth-order valence-corrected chi connectivity index (χ4v) is 3.38. The Morgan fingerprint density at radius 1 is 1.14 bits per heavy atom. The van der Waals surface area contributed by atoms with Gasteiger partial charge in [0.05, 0.1) is 6.54 Å². The van der Waals surface area contributed by atoms with Crippen molar-refractivity contribution in [1.29, 1.82) is 0 Å². The van der Waals surface area contributed by atoms with Gasteiger partial charge in [0.2, 0.25) is 5.91 Å². The molecule has 1 saturated heterocycles. The van der Waals surface area contributed by atoms with Gasteiger partial charge in [-0.2, -0.15) is 0 Å². The fraction of sp³-hybridized carbons (Fsp3) is 0.647. The van der Waals surface area contributed by atoms with Gasteiger partial charge in [-0.3, -0.25) is 4.79 Å². The maximum atomic E-state index is 12.3. The molecule has 0 atom stereocenters. The van der Waals surface area contributed by atoms with Crippen LogP contribution in [-0.4, -0.2) is 54.6 Å². The number of nitrogens with one attached hydrogen (secondary N) is 1. The summed E-state index contributed by atoms with van der Waals surface area (Å²) in [5.74, 6) is 1.25. The second-order valence-corrected chi connectivity index (χ2v) is 6.27. The lowest BCUT2D eigenvalue weighted by atomic mass is 9.95. The highest BCUT2D eigenvalue weighted by Crippen LogP contribution is 2.17. The Bertz CT molecular complexity index is 465. The Kier molecular flexibility index (Phi) is 5.27. The number of hydrogen-bond acceptors (Lipinski definition) is 4. The molecule has 1 amide bonds. The van der Waals surface area contributed by atoms with E-state index in [1.165, 1.54) is 32.1 Å². The summed E-state index contributed by atoms with van der Waals surface area (Å²) in [5, 5.41) is 3.44. The first kappa shape index (κ1) is 15.3. The highest BCUT2D eigenvalue weighted by molar-refractivity contribution is 5.78. The predicted molar refractivity (Wildman–Crippen MR) is 87.9 cm³/mol. The summed E-state index contributed by atoms with van der Waals surface area (Å²) in [6.45, 7) is 3.82. The largest absolute Gasteiger partial charge is 0.353 e. The standard InChI is InChI=1S/C17H26N4O/c22-17(14-19-15-6-2-1-3-7-15)21-12-10-20(11-13-21)16-8-4-5-9-18-16/h4-5,8-9,15,19H,1-3,6-7,10-14H2. The van der Waals surface area contributed by atoms with Crippen molar-refractivity contribution in [2.75, 3.05) is 37.6 Å². The van der Waals surface area contributed by atoms with Crippen LogP contribution >= 0.6 is 0 Å². The molecule has 0 radical (unpaired) electrons. The number of hydrogen-bond donors (Lipinski definition) is 1. The van der Waals surface area contributed by atoms with Crippen LogP contribution in [-0.2, 0) is 4.79 Å². The van der Waals surface area contributed by atoms with Crippen LogP contribution in [0.5, 0.6) is 0 Å². The van der Waals surface area contributed by atoms with E-state index in [0.29, 0.717) is 12.6 Å². The third-order valence-electron chi connectivity index (χ3n) is 4.75. The Morgan fingerprint density at radius 3 is 2.59 bits per heavy atom. The molecule has 1 aromatic rings. The normalized spacial score (nSPS) is 20.2. The third-order valence-corrected chi connectivity index (χ3v) is 4.75. The van der Waals surface area contributed by atoms with Crippen molar-refractivity contribution in [1.82, 2.24) is 15.2 Å². The molecular formula is C17H26N4O. The lowest BCUT2D eigenvalue weighted by Crippen LogP contribution is -2.51. The molecule has 0 unspecified atom stereocenters. The number of pyridine rings is 1. The van der Waals surface area contributed by atoms with E-state index in [1.807, 2.05) is 29.3 Å². The molecule has 5 nitrogen and oxygen atoms in total. The van der Waals surface area contributed by atoms with Gasteiger partial charge >= 0.3 is 0 Å². The van der Waals surface area contributed by atoms with Gasteiger partial charge in [-0.15, -0.1) is 0 Å². The molecule has 1 saturated carbocycles. The fourth-order valence-electron chi connectivity index (χ4n) is 3.38. The quantitative estimate of drug-likeness (QED) is 0.919. The SMILES string of the molecule is O=C(CNC1CCCCC1)N1CCN(c2ccccn2)CC1. The summed E-state index contributed by atoms with van der Waals surface area (Å²) < 4.78 is 0. The highest BCUT2D eigenvalue weighted by atomic mass is 16.2. The summed E-state index contributed by atoms with van der Waals surface area (Å²) in [5.41, 5.74) is 0. The van der Waals surface area contributed by atoms with E-state index in [4.69, 9.17) is 0 Å². The van der Waals surface area contributed by atoms with Gasteiger partial charge in [-0.05, 0) is 25.0 Å². The number of aromatic nitrogens is 1. The Morgan fingerprint density at radius 2 is 1.91 bits per heavy atom. The van der Waals surface area contributed by atoms with Crippen LogP contribution < -0.4 is 10.2 Å². The van der Waals surface area contributed by atoms with Gasteiger partial charge in [0.25, 0.3) is 0 Å². The van der Waals surface area contributed by atoms with Gasteiger partial charge in [-0.25, -0.2) is 4.98 Å². The van der Waals surface area contributed by atoms with Gasteiger partial charge in [0, 0.05) is 38.4 Å². The van der Waals surface area contributed by atoms with Crippen LogP contribution in [0.4, 0.5) is 5.82 Å². The van der Waals surface area contributed by atoms with Crippen molar-refractivity contribution in [3.05, 3.63) is 24.4 Å². The summed E-state index contributed by atoms with van der Waals surface area (Å²) in [4.78, 5) is 20.9. The molecule has 2 aliphatic rings. The molecule has 120 valence electrons. The molecule has 5 heteroatoms. The van der Waals surface area contributed by atoms with E-state index in [0.717, 1.165) is 32.0 Å². The first-order chi connectivity index (χ1) is 10.8. The molecule has 1 aromatic heterocycles. The number of carbonyl (C=O) groups is 1. The van der Waals surface area contributed by atoms with E-state index in [9.17, 15) is 4.79 Å². The van der Waals surface area contributed by atoms with E-state index in [-0.39, 0.29) is 5.91 Å². The van der Waals surface area contributed by atoms with Gasteiger partial charge in [0.15, 0.2) is 0 Å². The number of nitrogens with zero attached hydrogens (tertiary/aromatic N) is 3. The van der Waals surface area contributed by atoms with Gasteiger partial charge in [-0.1, -0.05) is 25.3 Å². The predicted octanol–water partition coefficient (Wildman–Crippen LogP) is 1.65. The topological polar surface area (TPSA) is 48.5 Å². The van der Waals surface area contributed by atoms with Gasteiger partial charge in [0.1, 0.15) is 5.82 Å². The molecule has 3 rings (SSSR count). The van der Waals surface area contributed by atoms with Crippen molar-refractivity contribution in [3.8, 4) is 0 Å². The van der Waals surface area contributed by atoms with Crippen LogP contribution in [0.1, 0.15) is 32.1 Å². The van der Waals surface area contributed by atoms with Crippen molar-refractivity contribution in [2.24, 2.45) is 0 Å². The minimum absolute atomic E-state index is 0.242. The Labute approximate surface area is 132 Å². The summed E-state index contributed by atoms with van der Waals surface area (Å²) in [7, 11) is 0. The maximum absolute atomic E-state index is 12.3. The lowest BCUT2D eigenvalue weighted by Gasteiger charge is -2.35. The maximum Gasteiger partial charge on any atom is 0.236 e. The average Bonchev–Trinajstić information content (AvgIpc) is 2.61. The van der Waals surface area contributed by atoms with Crippen LogP contribution in [0.2, 0.25) is 0 Å². The molecule has 2 heterocycles. The van der Waals surface area contributed by atoms with E-state index in [2.05, 4.69) is 15.2 Å². The lowest BCUT2D eigenvalue weighted by molar-refractivity contribution is -0.130. The van der Waals surface area contributed by atoms with Crippen LogP contribution in [0, 0.1) is 0 Å². The molecule has 1 aliphatic heterocycles. The zero-order chi connectivity index (χ0) is 15.2. The molecule has 22 heavy (non-hydrogen) atoms. The van der Waals surface area contributed by atoms with Crippen molar-refractivity contribution in [2.45, 2.75) is 38.1 Å². The minimum Gasteiger partial charge on any atom is -0.353 e. The summed E-state index contributed by atoms with van der Waals surface area (Å²) in [6, 6.07) is 6.52. The van der Waals surface area contributed by atoms with Crippen molar-refractivity contribution in [3.63, 3.8) is 0 Å². The monoisotopic (exact) mass is 302 g/mol. The number of rotatable bonds is 4. The smallest absolute Gasteiger partial charge is 0.236 e. The first-order valence-corrected chi connectivity index (χ1v) is 8.50. The van der Waals surface area contributed by atoms with E-state index >= 15 is 0 Å². The molecule has 1 N–H and O–H groups in total. The zero-order valence-electron chi connectivity index (χ0n) is 13.2. The van der Waals surface area contributed by atoms with Gasteiger partial charge < -0.3 is 15.1 Å². The van der Waals surface area contributed by atoms with E-state index < -0.39 is 0 Å². The van der Waals surface area contributed by atoms with Crippen LogP contribution in [0.25, 0.3) is 0 Å². The van der Waals surface area contributed by atoms with Crippen LogP contribution in [0.15, 0.2) is 24.4 Å². The zero-order valence-corrected chi connectivity index (χ0v) is 13.2. The van der Waals surface area contributed by atoms with Crippen molar-refractivity contribution < 1.29 is 4.79 Å². The molecule has 0 bridgehead atoms. The van der Waals surface area contributed by atoms with E-state index in [1.54, 1.807) is 0 Å². The number of piperazine rings is 1. The third kappa shape index (κ3) is 3.97. The number of anilines is 1. The summed E-state index contributed by atoms with van der Waals surface area (Å²) >= 11 is 0. The molecule has 2 fully saturated rings. The Hall–Kier alpha value is -1.62. The van der Waals surface area contributed by atoms with Crippen LogP contribution in [0.3, 0.4) is 0 Å². The molecule has 0 spiro atoms. The summed E-state index contributed by atoms with van der Waals surface area (Å²) in [6.07, 6.45) is 8.22.